The lowest BCUT2D eigenvalue weighted by molar-refractivity contribution is -0.137. The van der Waals surface area contributed by atoms with Crippen LogP contribution < -0.4 is 5.32 Å². The normalized spacial score (nSPS) is 12.8. The van der Waals surface area contributed by atoms with Crippen LogP contribution in [-0.4, -0.2) is 12.7 Å². The van der Waals surface area contributed by atoms with E-state index in [1.54, 1.807) is 0 Å². The van der Waals surface area contributed by atoms with Crippen LogP contribution in [0, 0.1) is 0 Å². The summed E-state index contributed by atoms with van der Waals surface area (Å²) in [5.41, 5.74) is -0.272. The highest BCUT2D eigenvalue weighted by molar-refractivity contribution is 5.24. The van der Waals surface area contributed by atoms with Crippen molar-refractivity contribution in [2.75, 3.05) is 6.54 Å². The Hall–Kier alpha value is -1.24. The van der Waals surface area contributed by atoms with Crippen molar-refractivity contribution in [2.24, 2.45) is 0 Å². The Morgan fingerprint density at radius 1 is 0.889 bits per heavy atom. The zero-order valence-corrected chi connectivity index (χ0v) is 9.20. The fourth-order valence-corrected chi connectivity index (χ4v) is 1.27. The van der Waals surface area contributed by atoms with E-state index in [4.69, 9.17) is 0 Å². The first kappa shape index (κ1) is 14.8. The maximum absolute atomic E-state index is 12.2. The second-order valence-corrected chi connectivity index (χ2v) is 3.74. The first-order chi connectivity index (χ1) is 8.18. The van der Waals surface area contributed by atoms with Crippen molar-refractivity contribution in [3.8, 4) is 0 Å². The fourth-order valence-electron chi connectivity index (χ4n) is 1.27. The predicted octanol–water partition coefficient (Wildman–Crippen LogP) is 3.75. The van der Waals surface area contributed by atoms with E-state index in [0.29, 0.717) is 5.56 Å². The average molecular weight is 271 g/mol. The first-order valence-electron chi connectivity index (χ1n) is 5.12. The number of benzene rings is 1. The summed E-state index contributed by atoms with van der Waals surface area (Å²) in [4.78, 5) is 0. The predicted molar refractivity (Wildman–Crippen MR) is 53.8 cm³/mol. The summed E-state index contributed by atoms with van der Waals surface area (Å²) in [6.45, 7) is -0.154. The summed E-state index contributed by atoms with van der Waals surface area (Å²) in [6, 6.07) is 4.29. The molecule has 0 aliphatic rings. The molecular weight excluding hydrogens is 260 g/mol. The van der Waals surface area contributed by atoms with Gasteiger partial charge in [-0.3, -0.25) is 0 Å². The molecule has 1 aromatic rings. The number of nitrogens with one attached hydrogen (secondary N) is 1. The third-order valence-electron chi connectivity index (χ3n) is 2.20. The Morgan fingerprint density at radius 2 is 1.44 bits per heavy atom. The molecule has 0 aliphatic heterocycles. The third kappa shape index (κ3) is 5.39. The zero-order valence-electron chi connectivity index (χ0n) is 9.20. The van der Waals surface area contributed by atoms with Crippen molar-refractivity contribution >= 4 is 0 Å². The lowest BCUT2D eigenvalue weighted by atomic mass is 10.1. The van der Waals surface area contributed by atoms with E-state index >= 15 is 0 Å². The largest absolute Gasteiger partial charge is 0.416 e. The molecule has 1 aromatic carbocycles. The molecule has 18 heavy (non-hydrogen) atoms. The van der Waals surface area contributed by atoms with Gasteiger partial charge in [-0.05, 0) is 17.7 Å². The Morgan fingerprint density at radius 3 is 1.89 bits per heavy atom. The average Bonchev–Trinajstić information content (AvgIpc) is 2.22. The maximum Gasteiger partial charge on any atom is 0.416 e. The minimum atomic E-state index is -4.40. The van der Waals surface area contributed by atoms with Gasteiger partial charge in [0.15, 0.2) is 0 Å². The van der Waals surface area contributed by atoms with Crippen LogP contribution in [0.2, 0.25) is 0 Å². The smallest absolute Gasteiger partial charge is 0.312 e. The van der Waals surface area contributed by atoms with Crippen LogP contribution in [0.5, 0.6) is 0 Å². The molecule has 0 aliphatic carbocycles. The van der Waals surface area contributed by atoms with Crippen LogP contribution in [0.15, 0.2) is 24.3 Å². The maximum atomic E-state index is 12.2. The van der Waals surface area contributed by atoms with E-state index in [2.05, 4.69) is 5.32 Å². The molecule has 0 unspecified atom stereocenters. The van der Waals surface area contributed by atoms with E-state index < -0.39 is 24.3 Å². The minimum Gasteiger partial charge on any atom is -0.312 e. The highest BCUT2D eigenvalue weighted by Gasteiger charge is 2.30. The van der Waals surface area contributed by atoms with Gasteiger partial charge < -0.3 is 5.32 Å². The lowest BCUT2D eigenvalue weighted by Crippen LogP contribution is -2.21. The third-order valence-corrected chi connectivity index (χ3v) is 2.20. The zero-order chi connectivity index (χ0) is 13.8. The van der Waals surface area contributed by atoms with Crippen LogP contribution in [0.4, 0.5) is 26.3 Å². The fraction of sp³-hybridized carbons (Fsp3) is 0.455. The summed E-state index contributed by atoms with van der Waals surface area (Å²) >= 11 is 0. The molecule has 0 radical (unpaired) electrons. The summed E-state index contributed by atoms with van der Waals surface area (Å²) in [7, 11) is 0. The standard InChI is InChI=1S/C11H11F6N/c12-10(13,14)5-6-18-7-8-1-3-9(4-2-8)11(15,16)17/h1-4,18H,5-7H2. The van der Waals surface area contributed by atoms with Gasteiger partial charge in [0.25, 0.3) is 0 Å². The van der Waals surface area contributed by atoms with Gasteiger partial charge in [0, 0.05) is 13.1 Å². The highest BCUT2D eigenvalue weighted by atomic mass is 19.4. The molecule has 1 rings (SSSR count). The van der Waals surface area contributed by atoms with Crippen LogP contribution in [0.3, 0.4) is 0 Å². The second-order valence-electron chi connectivity index (χ2n) is 3.74. The second kappa shape index (κ2) is 5.60. The van der Waals surface area contributed by atoms with E-state index in [1.807, 2.05) is 0 Å². The molecule has 0 spiro atoms. The van der Waals surface area contributed by atoms with Crippen LogP contribution in [0.1, 0.15) is 17.5 Å². The van der Waals surface area contributed by atoms with Crippen LogP contribution in [-0.2, 0) is 12.7 Å². The van der Waals surface area contributed by atoms with Crippen molar-refractivity contribution in [3.63, 3.8) is 0 Å². The minimum absolute atomic E-state index is 0.105. The summed E-state index contributed by atoms with van der Waals surface area (Å²) in [6.07, 6.45) is -9.59. The molecule has 0 saturated carbocycles. The first-order valence-corrected chi connectivity index (χ1v) is 5.12. The van der Waals surface area contributed by atoms with Crippen molar-refractivity contribution in [1.29, 1.82) is 0 Å². The van der Waals surface area contributed by atoms with E-state index in [1.165, 1.54) is 12.1 Å². The Kier molecular flexibility index (Phi) is 4.61. The van der Waals surface area contributed by atoms with E-state index in [0.717, 1.165) is 12.1 Å². The Bertz CT molecular complexity index is 365. The molecular formula is C11H11F6N. The molecule has 102 valence electrons. The molecule has 0 heterocycles. The summed E-state index contributed by atoms with van der Waals surface area (Å²) < 4.78 is 72.1. The number of halogens is 6. The van der Waals surface area contributed by atoms with Gasteiger partial charge in [0.1, 0.15) is 0 Å². The molecule has 0 atom stereocenters. The van der Waals surface area contributed by atoms with Crippen molar-refractivity contribution in [2.45, 2.75) is 25.3 Å². The number of alkyl halides is 6. The topological polar surface area (TPSA) is 12.0 Å². The summed E-state index contributed by atoms with van der Waals surface area (Å²) in [5, 5.41) is 2.52. The van der Waals surface area contributed by atoms with Crippen molar-refractivity contribution in [1.82, 2.24) is 5.32 Å². The number of rotatable bonds is 4. The summed E-state index contributed by atoms with van der Waals surface area (Å²) in [5.74, 6) is 0. The van der Waals surface area contributed by atoms with E-state index in [-0.39, 0.29) is 13.1 Å². The van der Waals surface area contributed by atoms with Gasteiger partial charge in [-0.15, -0.1) is 0 Å². The number of hydrogen-bond donors (Lipinski definition) is 1. The molecule has 0 bridgehead atoms. The van der Waals surface area contributed by atoms with E-state index in [9.17, 15) is 26.3 Å². The van der Waals surface area contributed by atoms with Gasteiger partial charge in [-0.25, -0.2) is 0 Å². The molecule has 0 saturated heterocycles. The SMILES string of the molecule is FC(F)(F)CCNCc1ccc(C(F)(F)F)cc1. The van der Waals surface area contributed by atoms with Crippen LogP contribution in [0.25, 0.3) is 0 Å². The van der Waals surface area contributed by atoms with Gasteiger partial charge in [-0.1, -0.05) is 12.1 Å². The molecule has 1 nitrogen and oxygen atoms in total. The Labute approximate surface area is 99.8 Å². The van der Waals surface area contributed by atoms with Gasteiger partial charge >= 0.3 is 12.4 Å². The highest BCUT2D eigenvalue weighted by Crippen LogP contribution is 2.29. The van der Waals surface area contributed by atoms with Gasteiger partial charge in [-0.2, -0.15) is 26.3 Å². The molecule has 0 aromatic heterocycles. The quantitative estimate of drug-likeness (QED) is 0.649. The van der Waals surface area contributed by atoms with Gasteiger partial charge in [0.2, 0.25) is 0 Å². The molecule has 0 amide bonds. The lowest BCUT2D eigenvalue weighted by Gasteiger charge is -2.09. The molecule has 1 N–H and O–H groups in total. The van der Waals surface area contributed by atoms with Crippen LogP contribution >= 0.6 is 0 Å². The Balaban J connectivity index is 2.41. The van der Waals surface area contributed by atoms with Gasteiger partial charge in [0.05, 0.1) is 12.0 Å². The van der Waals surface area contributed by atoms with Crippen molar-refractivity contribution < 1.29 is 26.3 Å². The number of hydrogen-bond acceptors (Lipinski definition) is 1. The molecule has 0 fully saturated rings. The monoisotopic (exact) mass is 271 g/mol. The van der Waals surface area contributed by atoms with Crippen molar-refractivity contribution in [3.05, 3.63) is 35.4 Å². The molecule has 7 heteroatoms.